The Morgan fingerprint density at radius 2 is 1.14 bits per heavy atom. The minimum Gasteiger partial charge on any atom is -0.451 e. The molecule has 0 radical (unpaired) electrons. The molecule has 170 valence electrons. The third kappa shape index (κ3) is 3.75. The summed E-state index contributed by atoms with van der Waals surface area (Å²) in [6.45, 7) is 1.90. The van der Waals surface area contributed by atoms with Gasteiger partial charge in [-0.2, -0.15) is 0 Å². The molecule has 3 nitrogen and oxygen atoms in total. The molecule has 1 atom stereocenters. The zero-order chi connectivity index (χ0) is 23.8. The van der Waals surface area contributed by atoms with Crippen LogP contribution in [0.2, 0.25) is 0 Å². The monoisotopic (exact) mass is 455 g/mol. The summed E-state index contributed by atoms with van der Waals surface area (Å²) in [4.78, 5) is 13.7. The molecule has 1 aromatic heterocycles. The Morgan fingerprint density at radius 3 is 1.77 bits per heavy atom. The van der Waals surface area contributed by atoms with Gasteiger partial charge in [-0.3, -0.25) is 0 Å². The zero-order valence-electron chi connectivity index (χ0n) is 19.5. The Hall–Kier alpha value is -4.37. The Balaban J connectivity index is 1.48. The summed E-state index contributed by atoms with van der Waals surface area (Å²) in [5.41, 5.74) is 2.98. The van der Waals surface area contributed by atoms with Crippen molar-refractivity contribution in [1.82, 2.24) is 4.57 Å². The smallest absolute Gasteiger partial charge is 0.329 e. The molecule has 6 aromatic rings. The first-order valence-electron chi connectivity index (χ1n) is 11.9. The van der Waals surface area contributed by atoms with Crippen molar-refractivity contribution in [2.24, 2.45) is 0 Å². The van der Waals surface area contributed by atoms with E-state index in [4.69, 9.17) is 4.74 Å². The predicted molar refractivity (Wildman–Crippen MR) is 142 cm³/mol. The number of para-hydroxylation sites is 1. The highest BCUT2D eigenvalue weighted by molar-refractivity contribution is 5.91. The molecule has 0 aliphatic rings. The van der Waals surface area contributed by atoms with Gasteiger partial charge >= 0.3 is 5.97 Å². The number of ether oxygens (including phenoxy) is 1. The number of carbonyl (C=O) groups is 1. The van der Waals surface area contributed by atoms with E-state index in [0.29, 0.717) is 0 Å². The van der Waals surface area contributed by atoms with Crippen LogP contribution < -0.4 is 0 Å². The summed E-state index contributed by atoms with van der Waals surface area (Å²) in [6, 6.07) is 38.5. The van der Waals surface area contributed by atoms with Crippen molar-refractivity contribution < 1.29 is 9.53 Å². The summed E-state index contributed by atoms with van der Waals surface area (Å²) < 4.78 is 8.40. The topological polar surface area (TPSA) is 31.2 Å². The van der Waals surface area contributed by atoms with Gasteiger partial charge in [0.1, 0.15) is 6.04 Å². The number of hydrogen-bond acceptors (Lipinski definition) is 2. The van der Waals surface area contributed by atoms with Crippen molar-refractivity contribution >= 4 is 38.4 Å². The molecule has 1 heterocycles. The fourth-order valence-corrected chi connectivity index (χ4v) is 5.02. The van der Waals surface area contributed by atoms with Crippen molar-refractivity contribution in [2.45, 2.75) is 19.1 Å². The SMILES string of the molecule is CC(C(=O)OC(c1cccc2ccccc12)c1cccc2ccccc12)n1ccc2ccccc21. The maximum Gasteiger partial charge on any atom is 0.329 e. The Kier molecular flexibility index (Phi) is 5.31. The maximum absolute atomic E-state index is 13.7. The lowest BCUT2D eigenvalue weighted by Gasteiger charge is -2.24. The average molecular weight is 456 g/mol. The van der Waals surface area contributed by atoms with Gasteiger partial charge in [-0.05, 0) is 46.0 Å². The second-order valence-corrected chi connectivity index (χ2v) is 8.91. The van der Waals surface area contributed by atoms with Crippen LogP contribution in [0.3, 0.4) is 0 Å². The Bertz CT molecular complexity index is 1590. The van der Waals surface area contributed by atoms with Gasteiger partial charge < -0.3 is 9.30 Å². The molecule has 6 rings (SSSR count). The fraction of sp³-hybridized carbons (Fsp3) is 0.0938. The molecule has 0 aliphatic heterocycles. The van der Waals surface area contributed by atoms with Crippen molar-refractivity contribution in [3.63, 3.8) is 0 Å². The van der Waals surface area contributed by atoms with Crippen LogP contribution in [-0.4, -0.2) is 10.5 Å². The summed E-state index contributed by atoms with van der Waals surface area (Å²) in [6.07, 6.45) is 1.42. The van der Waals surface area contributed by atoms with Crippen LogP contribution in [0.4, 0.5) is 0 Å². The molecule has 3 heteroatoms. The molecule has 0 aliphatic carbocycles. The molecule has 0 saturated carbocycles. The van der Waals surface area contributed by atoms with Crippen molar-refractivity contribution in [1.29, 1.82) is 0 Å². The van der Waals surface area contributed by atoms with E-state index in [-0.39, 0.29) is 5.97 Å². The molecule has 5 aromatic carbocycles. The Labute approximate surface area is 204 Å². The third-order valence-electron chi connectivity index (χ3n) is 6.83. The van der Waals surface area contributed by atoms with Gasteiger partial charge in [0.05, 0.1) is 0 Å². The van der Waals surface area contributed by atoms with E-state index < -0.39 is 12.1 Å². The number of rotatable bonds is 5. The molecule has 0 bridgehead atoms. The standard InChI is InChI=1S/C32H25NO2/c1-22(33-21-20-25-12-4-7-19-30(25)33)32(34)35-31(28-17-8-13-23-10-2-5-15-26(23)28)29-18-9-14-24-11-3-6-16-27(24)29/h2-22,31H,1H3. The van der Waals surface area contributed by atoms with Gasteiger partial charge in [-0.25, -0.2) is 4.79 Å². The summed E-state index contributed by atoms with van der Waals surface area (Å²) in [5.74, 6) is -0.266. The third-order valence-corrected chi connectivity index (χ3v) is 6.83. The Morgan fingerprint density at radius 1 is 0.629 bits per heavy atom. The number of nitrogens with zero attached hydrogens (tertiary/aromatic N) is 1. The van der Waals surface area contributed by atoms with Gasteiger partial charge in [0.2, 0.25) is 0 Å². The summed E-state index contributed by atoms with van der Waals surface area (Å²) in [5, 5.41) is 5.51. The van der Waals surface area contributed by atoms with Gasteiger partial charge in [-0.1, -0.05) is 103 Å². The van der Waals surface area contributed by atoms with Crippen molar-refractivity contribution in [2.75, 3.05) is 0 Å². The average Bonchev–Trinajstić information content (AvgIpc) is 3.35. The molecular weight excluding hydrogens is 430 g/mol. The summed E-state index contributed by atoms with van der Waals surface area (Å²) in [7, 11) is 0. The van der Waals surface area contributed by atoms with Crippen LogP contribution in [-0.2, 0) is 9.53 Å². The van der Waals surface area contributed by atoms with E-state index in [1.165, 1.54) is 0 Å². The fourth-order valence-electron chi connectivity index (χ4n) is 5.02. The van der Waals surface area contributed by atoms with Crippen molar-refractivity contribution in [3.8, 4) is 0 Å². The molecule has 35 heavy (non-hydrogen) atoms. The van der Waals surface area contributed by atoms with E-state index in [2.05, 4.69) is 54.6 Å². The number of carbonyl (C=O) groups excluding carboxylic acids is 1. The molecule has 0 saturated heterocycles. The molecule has 0 spiro atoms. The van der Waals surface area contributed by atoms with Gasteiger partial charge in [-0.15, -0.1) is 0 Å². The number of esters is 1. The van der Waals surface area contributed by atoms with Gasteiger partial charge in [0.15, 0.2) is 6.10 Å². The highest BCUT2D eigenvalue weighted by Gasteiger charge is 2.27. The zero-order valence-corrected chi connectivity index (χ0v) is 19.5. The minimum absolute atomic E-state index is 0.266. The predicted octanol–water partition coefficient (Wildman–Crippen LogP) is 7.84. The van der Waals surface area contributed by atoms with E-state index in [1.54, 1.807) is 0 Å². The lowest BCUT2D eigenvalue weighted by Crippen LogP contribution is -2.22. The number of hydrogen-bond donors (Lipinski definition) is 0. The second-order valence-electron chi connectivity index (χ2n) is 8.91. The van der Waals surface area contributed by atoms with Crippen molar-refractivity contribution in [3.05, 3.63) is 133 Å². The largest absolute Gasteiger partial charge is 0.451 e. The van der Waals surface area contributed by atoms with E-state index >= 15 is 0 Å². The van der Waals surface area contributed by atoms with Crippen LogP contribution in [0.25, 0.3) is 32.4 Å². The lowest BCUT2D eigenvalue weighted by molar-refractivity contribution is -0.150. The lowest BCUT2D eigenvalue weighted by atomic mass is 9.92. The summed E-state index contributed by atoms with van der Waals surface area (Å²) >= 11 is 0. The van der Waals surface area contributed by atoms with Crippen LogP contribution >= 0.6 is 0 Å². The quantitative estimate of drug-likeness (QED) is 0.248. The van der Waals surface area contributed by atoms with Gasteiger partial charge in [0, 0.05) is 22.8 Å². The molecular formula is C32H25NO2. The molecule has 0 fully saturated rings. The first-order chi connectivity index (χ1) is 17.2. The highest BCUT2D eigenvalue weighted by atomic mass is 16.5. The molecule has 0 N–H and O–H groups in total. The second kappa shape index (κ2) is 8.77. The maximum atomic E-state index is 13.7. The van der Waals surface area contributed by atoms with E-state index in [1.807, 2.05) is 78.4 Å². The van der Waals surface area contributed by atoms with Crippen LogP contribution in [0.5, 0.6) is 0 Å². The normalized spacial score (nSPS) is 12.4. The first kappa shape index (κ1) is 21.2. The number of benzene rings is 5. The van der Waals surface area contributed by atoms with Crippen LogP contribution in [0.15, 0.2) is 121 Å². The highest BCUT2D eigenvalue weighted by Crippen LogP contribution is 2.36. The van der Waals surface area contributed by atoms with E-state index in [9.17, 15) is 4.79 Å². The van der Waals surface area contributed by atoms with Crippen LogP contribution in [0, 0.1) is 0 Å². The first-order valence-corrected chi connectivity index (χ1v) is 11.9. The molecule has 0 amide bonds. The van der Waals surface area contributed by atoms with Crippen LogP contribution in [0.1, 0.15) is 30.2 Å². The number of fused-ring (bicyclic) bond motifs is 3. The van der Waals surface area contributed by atoms with E-state index in [0.717, 1.165) is 43.6 Å². The van der Waals surface area contributed by atoms with Gasteiger partial charge in [0.25, 0.3) is 0 Å². The minimum atomic E-state index is -0.538. The molecule has 1 unspecified atom stereocenters. The number of aromatic nitrogens is 1.